The van der Waals surface area contributed by atoms with Crippen molar-refractivity contribution in [3.63, 3.8) is 0 Å². The number of amides is 1. The van der Waals surface area contributed by atoms with Crippen molar-refractivity contribution in [1.82, 2.24) is 15.0 Å². The molecule has 0 bridgehead atoms. The first-order valence-corrected chi connectivity index (χ1v) is 10.8. The molecule has 1 fully saturated rings. The smallest absolute Gasteiger partial charge is 0.238 e. The van der Waals surface area contributed by atoms with Gasteiger partial charge in [-0.05, 0) is 55.8 Å². The van der Waals surface area contributed by atoms with Crippen molar-refractivity contribution >= 4 is 46.4 Å². The summed E-state index contributed by atoms with van der Waals surface area (Å²) in [6.45, 7) is 1.57. The van der Waals surface area contributed by atoms with Gasteiger partial charge in [0.15, 0.2) is 0 Å². The monoisotopic (exact) mass is 482 g/mol. The highest BCUT2D eigenvalue weighted by atomic mass is 35.5. The number of hydrogen-bond acceptors (Lipinski definition) is 5. The number of likely N-dealkylation sites (tertiary alicyclic amines) is 1. The molecule has 0 spiro atoms. The average Bonchev–Trinajstić information content (AvgIpc) is 3.23. The van der Waals surface area contributed by atoms with Gasteiger partial charge in [0.05, 0.1) is 33.2 Å². The third-order valence-electron chi connectivity index (χ3n) is 5.05. The Morgan fingerprint density at radius 3 is 2.68 bits per heavy atom. The standard InChI is InChI=1S/C21H18Cl3FN4O2/c22-15-8-17(24)18(9-16(15)23)26-19(30)11-29-7-1-2-13(10-29)21-27-20(28-31-21)12-3-5-14(25)6-4-12/h3-6,8-9,13H,1-2,7,10-11H2,(H,26,30). The van der Waals surface area contributed by atoms with Crippen LogP contribution >= 0.6 is 34.8 Å². The summed E-state index contributed by atoms with van der Waals surface area (Å²) in [5.74, 6) is 0.405. The number of carbonyl (C=O) groups is 1. The number of nitrogens with zero attached hydrogens (tertiary/aromatic N) is 3. The van der Waals surface area contributed by atoms with Crippen LogP contribution in [-0.4, -0.2) is 40.6 Å². The van der Waals surface area contributed by atoms with Crippen LogP contribution in [0.1, 0.15) is 24.7 Å². The Balaban J connectivity index is 1.38. The molecular formula is C21H18Cl3FN4O2. The zero-order valence-corrected chi connectivity index (χ0v) is 18.5. The summed E-state index contributed by atoms with van der Waals surface area (Å²) in [6.07, 6.45) is 1.77. The average molecular weight is 484 g/mol. The largest absolute Gasteiger partial charge is 0.339 e. The molecule has 31 heavy (non-hydrogen) atoms. The molecule has 1 aromatic heterocycles. The van der Waals surface area contributed by atoms with Crippen LogP contribution in [0, 0.1) is 5.82 Å². The summed E-state index contributed by atoms with van der Waals surface area (Å²) in [6, 6.07) is 8.94. The summed E-state index contributed by atoms with van der Waals surface area (Å²) < 4.78 is 18.6. The van der Waals surface area contributed by atoms with Crippen LogP contribution < -0.4 is 5.32 Å². The molecular weight excluding hydrogens is 466 g/mol. The van der Waals surface area contributed by atoms with Crippen molar-refractivity contribution in [3.8, 4) is 11.4 Å². The van der Waals surface area contributed by atoms with Crippen LogP contribution in [-0.2, 0) is 4.79 Å². The lowest BCUT2D eigenvalue weighted by Crippen LogP contribution is -2.39. The molecule has 0 saturated carbocycles. The SMILES string of the molecule is O=C(CN1CCCC(c2nc(-c3ccc(F)cc3)no2)C1)Nc1cc(Cl)c(Cl)cc1Cl. The van der Waals surface area contributed by atoms with Gasteiger partial charge in [0.25, 0.3) is 0 Å². The van der Waals surface area contributed by atoms with Crippen LogP contribution in [0.4, 0.5) is 10.1 Å². The first-order chi connectivity index (χ1) is 14.9. The lowest BCUT2D eigenvalue weighted by atomic mass is 9.98. The third kappa shape index (κ3) is 5.36. The van der Waals surface area contributed by atoms with Crippen molar-refractivity contribution in [3.05, 3.63) is 63.2 Å². The van der Waals surface area contributed by atoms with Gasteiger partial charge in [0.1, 0.15) is 5.82 Å². The number of carbonyl (C=O) groups excluding carboxylic acids is 1. The number of piperidine rings is 1. The predicted molar refractivity (Wildman–Crippen MR) is 118 cm³/mol. The molecule has 3 aromatic rings. The summed E-state index contributed by atoms with van der Waals surface area (Å²) in [5, 5.41) is 7.74. The molecule has 10 heteroatoms. The minimum atomic E-state index is -0.323. The molecule has 1 N–H and O–H groups in total. The minimum Gasteiger partial charge on any atom is -0.339 e. The highest BCUT2D eigenvalue weighted by Gasteiger charge is 2.27. The molecule has 1 saturated heterocycles. The fourth-order valence-electron chi connectivity index (χ4n) is 3.53. The molecule has 1 amide bonds. The Hall–Kier alpha value is -2.19. The van der Waals surface area contributed by atoms with Crippen LogP contribution in [0.15, 0.2) is 40.9 Å². The van der Waals surface area contributed by atoms with Gasteiger partial charge < -0.3 is 9.84 Å². The van der Waals surface area contributed by atoms with Gasteiger partial charge in [-0.1, -0.05) is 40.0 Å². The van der Waals surface area contributed by atoms with Gasteiger partial charge >= 0.3 is 0 Å². The van der Waals surface area contributed by atoms with E-state index in [1.54, 1.807) is 12.1 Å². The molecule has 162 valence electrons. The van der Waals surface area contributed by atoms with Crippen molar-refractivity contribution < 1.29 is 13.7 Å². The maximum atomic E-state index is 13.1. The van der Waals surface area contributed by atoms with E-state index in [9.17, 15) is 9.18 Å². The van der Waals surface area contributed by atoms with Crippen LogP contribution in [0.5, 0.6) is 0 Å². The first-order valence-electron chi connectivity index (χ1n) is 9.65. The summed E-state index contributed by atoms with van der Waals surface area (Å²) in [7, 11) is 0. The molecule has 0 radical (unpaired) electrons. The maximum absolute atomic E-state index is 13.1. The summed E-state index contributed by atoms with van der Waals surface area (Å²) in [4.78, 5) is 19.0. The van der Waals surface area contributed by atoms with Crippen LogP contribution in [0.25, 0.3) is 11.4 Å². The number of halogens is 4. The molecule has 1 atom stereocenters. The van der Waals surface area contributed by atoms with Gasteiger partial charge in [-0.15, -0.1) is 0 Å². The number of anilines is 1. The second-order valence-electron chi connectivity index (χ2n) is 7.33. The van der Waals surface area contributed by atoms with Gasteiger partial charge in [0, 0.05) is 12.1 Å². The van der Waals surface area contributed by atoms with E-state index in [4.69, 9.17) is 39.3 Å². The van der Waals surface area contributed by atoms with Crippen molar-refractivity contribution in [2.75, 3.05) is 25.0 Å². The molecule has 2 aromatic carbocycles. The van der Waals surface area contributed by atoms with E-state index in [0.717, 1.165) is 19.4 Å². The number of nitrogens with one attached hydrogen (secondary N) is 1. The molecule has 1 unspecified atom stereocenters. The Morgan fingerprint density at radius 1 is 1.16 bits per heavy atom. The van der Waals surface area contributed by atoms with Crippen molar-refractivity contribution in [2.45, 2.75) is 18.8 Å². The first kappa shape index (κ1) is 22.0. The molecule has 6 nitrogen and oxygen atoms in total. The molecule has 1 aliphatic heterocycles. The van der Waals surface area contributed by atoms with Gasteiger partial charge in [0.2, 0.25) is 17.6 Å². The fourth-order valence-corrected chi connectivity index (χ4v) is 4.12. The quantitative estimate of drug-likeness (QED) is 0.475. The minimum absolute atomic E-state index is 0.0109. The predicted octanol–water partition coefficient (Wildman–Crippen LogP) is 5.65. The zero-order valence-electron chi connectivity index (χ0n) is 16.2. The van der Waals surface area contributed by atoms with E-state index in [0.29, 0.717) is 44.6 Å². The van der Waals surface area contributed by atoms with Gasteiger partial charge in [-0.25, -0.2) is 4.39 Å². The number of rotatable bonds is 5. The summed E-state index contributed by atoms with van der Waals surface area (Å²) in [5.41, 5.74) is 1.09. The van der Waals surface area contributed by atoms with E-state index in [-0.39, 0.29) is 24.2 Å². The second-order valence-corrected chi connectivity index (χ2v) is 8.55. The molecule has 4 rings (SSSR count). The lowest BCUT2D eigenvalue weighted by Gasteiger charge is -2.30. The van der Waals surface area contributed by atoms with Crippen LogP contribution in [0.3, 0.4) is 0 Å². The maximum Gasteiger partial charge on any atom is 0.238 e. The van der Waals surface area contributed by atoms with E-state index in [2.05, 4.69) is 15.5 Å². The second kappa shape index (κ2) is 9.53. The molecule has 1 aliphatic rings. The van der Waals surface area contributed by atoms with E-state index >= 15 is 0 Å². The Kier molecular flexibility index (Phi) is 6.77. The van der Waals surface area contributed by atoms with E-state index in [1.165, 1.54) is 24.3 Å². The van der Waals surface area contributed by atoms with Crippen molar-refractivity contribution in [1.29, 1.82) is 0 Å². The topological polar surface area (TPSA) is 71.3 Å². The third-order valence-corrected chi connectivity index (χ3v) is 6.09. The van der Waals surface area contributed by atoms with Gasteiger partial charge in [-0.3, -0.25) is 9.69 Å². The Bertz CT molecular complexity index is 1090. The van der Waals surface area contributed by atoms with Crippen molar-refractivity contribution in [2.24, 2.45) is 0 Å². The highest BCUT2D eigenvalue weighted by molar-refractivity contribution is 6.44. The number of hydrogen-bond donors (Lipinski definition) is 1. The number of aromatic nitrogens is 2. The summed E-state index contributed by atoms with van der Waals surface area (Å²) >= 11 is 18.1. The fraction of sp³-hybridized carbons (Fsp3) is 0.286. The van der Waals surface area contributed by atoms with E-state index < -0.39 is 0 Å². The molecule has 2 heterocycles. The number of benzene rings is 2. The zero-order chi connectivity index (χ0) is 22.0. The molecule has 0 aliphatic carbocycles. The van der Waals surface area contributed by atoms with Crippen LogP contribution in [0.2, 0.25) is 15.1 Å². The lowest BCUT2D eigenvalue weighted by molar-refractivity contribution is -0.117. The normalized spacial score (nSPS) is 17.0. The van der Waals surface area contributed by atoms with E-state index in [1.807, 2.05) is 4.90 Å². The Labute approximate surface area is 193 Å². The van der Waals surface area contributed by atoms with Gasteiger partial charge in [-0.2, -0.15) is 4.98 Å². The highest BCUT2D eigenvalue weighted by Crippen LogP contribution is 2.32. The Morgan fingerprint density at radius 2 is 1.90 bits per heavy atom.